The molecule has 136 valence electrons. The highest BCUT2D eigenvalue weighted by Gasteiger charge is 2.42. The van der Waals surface area contributed by atoms with Crippen LogP contribution in [0.1, 0.15) is 44.7 Å². The van der Waals surface area contributed by atoms with Gasteiger partial charge in [0.15, 0.2) is 5.96 Å². The largest absolute Gasteiger partial charge is 0.382 e. The Morgan fingerprint density at radius 1 is 1.38 bits per heavy atom. The van der Waals surface area contributed by atoms with Crippen molar-refractivity contribution in [2.24, 2.45) is 10.4 Å². The summed E-state index contributed by atoms with van der Waals surface area (Å²) in [6, 6.07) is 8.01. The number of hydrogen-bond donors (Lipinski definition) is 2. The first-order valence-corrected chi connectivity index (χ1v) is 8.77. The third-order valence-corrected chi connectivity index (χ3v) is 4.86. The zero-order chi connectivity index (χ0) is 16.7. The number of benzene rings is 1. The molecule has 1 saturated carbocycles. The van der Waals surface area contributed by atoms with Crippen LogP contribution in [0, 0.1) is 5.41 Å². The molecule has 0 aliphatic heterocycles. The lowest BCUT2D eigenvalue weighted by Gasteiger charge is -2.22. The summed E-state index contributed by atoms with van der Waals surface area (Å²) in [5, 5.41) is 7.65. The fraction of sp³-hybridized carbons (Fsp3) is 0.611. The highest BCUT2D eigenvalue weighted by molar-refractivity contribution is 14.0. The second-order valence-electron chi connectivity index (χ2n) is 6.26. The summed E-state index contributed by atoms with van der Waals surface area (Å²) in [6.45, 7) is 6.72. The molecule has 0 bridgehead atoms. The predicted octanol–water partition coefficient (Wildman–Crippen LogP) is 4.39. The molecule has 0 spiro atoms. The van der Waals surface area contributed by atoms with Crippen LogP contribution in [-0.4, -0.2) is 32.8 Å². The van der Waals surface area contributed by atoms with Crippen molar-refractivity contribution in [3.63, 3.8) is 0 Å². The van der Waals surface area contributed by atoms with Crippen LogP contribution in [0.25, 0.3) is 0 Å². The van der Waals surface area contributed by atoms with Crippen molar-refractivity contribution in [1.82, 2.24) is 10.6 Å². The molecule has 0 heterocycles. The van der Waals surface area contributed by atoms with E-state index in [9.17, 15) is 0 Å². The van der Waals surface area contributed by atoms with Crippen LogP contribution in [0.5, 0.6) is 0 Å². The van der Waals surface area contributed by atoms with Gasteiger partial charge in [-0.3, -0.25) is 4.99 Å². The van der Waals surface area contributed by atoms with Gasteiger partial charge >= 0.3 is 0 Å². The molecular weight excluding hydrogens is 437 g/mol. The van der Waals surface area contributed by atoms with Crippen LogP contribution >= 0.6 is 35.6 Å². The summed E-state index contributed by atoms with van der Waals surface area (Å²) in [5.74, 6) is 0.820. The summed E-state index contributed by atoms with van der Waals surface area (Å²) >= 11 is 6.26. The van der Waals surface area contributed by atoms with Gasteiger partial charge < -0.3 is 15.4 Å². The lowest BCUT2D eigenvalue weighted by atomic mass is 10.0. The second kappa shape index (κ2) is 10.5. The molecule has 0 amide bonds. The second-order valence-corrected chi connectivity index (χ2v) is 6.67. The Bertz CT molecular complexity index is 535. The molecule has 2 rings (SSSR count). The van der Waals surface area contributed by atoms with Gasteiger partial charge in [-0.1, -0.05) is 29.8 Å². The van der Waals surface area contributed by atoms with Crippen molar-refractivity contribution in [1.29, 1.82) is 0 Å². The molecule has 1 aromatic rings. The highest BCUT2D eigenvalue weighted by Crippen LogP contribution is 2.48. The first kappa shape index (κ1) is 21.5. The van der Waals surface area contributed by atoms with Crippen LogP contribution in [0.15, 0.2) is 29.3 Å². The monoisotopic (exact) mass is 465 g/mol. The number of nitrogens with zero attached hydrogens (tertiary/aromatic N) is 1. The number of ether oxygens (including phenoxy) is 1. The molecule has 1 atom stereocenters. The zero-order valence-electron chi connectivity index (χ0n) is 14.8. The van der Waals surface area contributed by atoms with E-state index in [1.807, 2.05) is 31.2 Å². The van der Waals surface area contributed by atoms with Crippen LogP contribution < -0.4 is 10.6 Å². The lowest BCUT2D eigenvalue weighted by Crippen LogP contribution is -2.41. The number of aliphatic imine (C=N–C) groups is 1. The van der Waals surface area contributed by atoms with Gasteiger partial charge in [-0.15, -0.1) is 24.0 Å². The summed E-state index contributed by atoms with van der Waals surface area (Å²) < 4.78 is 5.49. The molecule has 0 saturated heterocycles. The van der Waals surface area contributed by atoms with E-state index in [1.165, 1.54) is 12.8 Å². The Labute approximate surface area is 167 Å². The average molecular weight is 466 g/mol. The average Bonchev–Trinajstić information content (AvgIpc) is 3.32. The van der Waals surface area contributed by atoms with Crippen LogP contribution in [0.4, 0.5) is 0 Å². The normalized spacial score (nSPS) is 16.9. The molecule has 1 fully saturated rings. The van der Waals surface area contributed by atoms with Gasteiger partial charge in [0.05, 0.1) is 6.04 Å². The van der Waals surface area contributed by atoms with Gasteiger partial charge in [0.2, 0.25) is 0 Å². The molecule has 24 heavy (non-hydrogen) atoms. The minimum atomic E-state index is 0. The summed E-state index contributed by atoms with van der Waals surface area (Å²) in [6.07, 6.45) is 3.65. The van der Waals surface area contributed by atoms with Gasteiger partial charge in [0.25, 0.3) is 0 Å². The summed E-state index contributed by atoms with van der Waals surface area (Å²) in [5.41, 5.74) is 1.47. The van der Waals surface area contributed by atoms with Crippen molar-refractivity contribution < 1.29 is 4.74 Å². The van der Waals surface area contributed by atoms with Crippen molar-refractivity contribution in [3.05, 3.63) is 34.9 Å². The smallest absolute Gasteiger partial charge is 0.191 e. The van der Waals surface area contributed by atoms with Crippen molar-refractivity contribution in [3.8, 4) is 0 Å². The number of nitrogens with one attached hydrogen (secondary N) is 2. The van der Waals surface area contributed by atoms with Gasteiger partial charge in [0, 0.05) is 31.8 Å². The standard InChI is InChI=1S/C18H28ClN3O.HI/c1-4-23-12-11-18(9-10-18)13-21-17(20-3)22-14(2)15-7-5-6-8-16(15)19;/h5-8,14H,4,9-13H2,1-3H3,(H2,20,21,22);1H. The van der Waals surface area contributed by atoms with E-state index in [2.05, 4.69) is 22.5 Å². The molecule has 2 N–H and O–H groups in total. The van der Waals surface area contributed by atoms with E-state index in [4.69, 9.17) is 16.3 Å². The molecule has 1 aliphatic carbocycles. The Morgan fingerprint density at radius 3 is 2.67 bits per heavy atom. The van der Waals surface area contributed by atoms with E-state index in [0.717, 1.165) is 42.7 Å². The molecule has 1 aliphatic rings. The molecule has 0 radical (unpaired) electrons. The summed E-state index contributed by atoms with van der Waals surface area (Å²) in [4.78, 5) is 4.33. The van der Waals surface area contributed by atoms with Crippen LogP contribution in [-0.2, 0) is 4.74 Å². The maximum absolute atomic E-state index is 6.26. The minimum Gasteiger partial charge on any atom is -0.382 e. The van der Waals surface area contributed by atoms with Gasteiger partial charge in [0.1, 0.15) is 0 Å². The quantitative estimate of drug-likeness (QED) is 0.259. The van der Waals surface area contributed by atoms with E-state index in [-0.39, 0.29) is 30.0 Å². The third-order valence-electron chi connectivity index (χ3n) is 4.52. The molecule has 0 aromatic heterocycles. The Kier molecular flexibility index (Phi) is 9.37. The minimum absolute atomic E-state index is 0. The topological polar surface area (TPSA) is 45.6 Å². The van der Waals surface area contributed by atoms with Crippen LogP contribution in [0.2, 0.25) is 5.02 Å². The molecule has 1 aromatic carbocycles. The predicted molar refractivity (Wildman–Crippen MR) is 113 cm³/mol. The fourth-order valence-corrected chi connectivity index (χ4v) is 3.00. The highest BCUT2D eigenvalue weighted by atomic mass is 127. The van der Waals surface area contributed by atoms with E-state index in [0.29, 0.717) is 5.41 Å². The Balaban J connectivity index is 0.00000288. The molecule has 4 nitrogen and oxygen atoms in total. The lowest BCUT2D eigenvalue weighted by molar-refractivity contribution is 0.128. The van der Waals surface area contributed by atoms with E-state index < -0.39 is 0 Å². The van der Waals surface area contributed by atoms with Gasteiger partial charge in [-0.25, -0.2) is 0 Å². The molecular formula is C18H29ClIN3O. The SMILES string of the molecule is CCOCCC1(CNC(=NC)NC(C)c2ccccc2Cl)CC1.I. The first-order chi connectivity index (χ1) is 11.1. The van der Waals surface area contributed by atoms with Crippen LogP contribution in [0.3, 0.4) is 0 Å². The zero-order valence-corrected chi connectivity index (χ0v) is 17.9. The Morgan fingerprint density at radius 2 is 2.08 bits per heavy atom. The number of halogens is 2. The number of hydrogen-bond acceptors (Lipinski definition) is 2. The summed E-state index contributed by atoms with van der Waals surface area (Å²) in [7, 11) is 1.80. The van der Waals surface area contributed by atoms with E-state index >= 15 is 0 Å². The van der Waals surface area contributed by atoms with Gasteiger partial charge in [-0.05, 0) is 50.2 Å². The van der Waals surface area contributed by atoms with Crippen molar-refractivity contribution in [2.45, 2.75) is 39.2 Å². The number of guanidine groups is 1. The first-order valence-electron chi connectivity index (χ1n) is 8.39. The van der Waals surface area contributed by atoms with Crippen molar-refractivity contribution in [2.75, 3.05) is 26.8 Å². The van der Waals surface area contributed by atoms with Gasteiger partial charge in [-0.2, -0.15) is 0 Å². The Hall–Kier alpha value is -0.530. The van der Waals surface area contributed by atoms with E-state index in [1.54, 1.807) is 7.05 Å². The van der Waals surface area contributed by atoms with Crippen molar-refractivity contribution >= 4 is 41.5 Å². The maximum atomic E-state index is 6.26. The molecule has 1 unspecified atom stereocenters. The fourth-order valence-electron chi connectivity index (χ4n) is 2.70. The maximum Gasteiger partial charge on any atom is 0.191 e. The molecule has 6 heteroatoms. The third kappa shape index (κ3) is 6.41. The number of rotatable bonds is 8.